The fourth-order valence-corrected chi connectivity index (χ4v) is 1.70. The number of hydrogen-bond acceptors (Lipinski definition) is 4. The van der Waals surface area contributed by atoms with E-state index in [-0.39, 0.29) is 5.12 Å². The van der Waals surface area contributed by atoms with Crippen LogP contribution >= 0.6 is 23.1 Å². The van der Waals surface area contributed by atoms with Gasteiger partial charge in [-0.05, 0) is 17.7 Å². The van der Waals surface area contributed by atoms with E-state index in [1.807, 2.05) is 5.38 Å². The van der Waals surface area contributed by atoms with Gasteiger partial charge in [-0.15, -0.1) is 11.3 Å². The Labute approximate surface area is 67.4 Å². The van der Waals surface area contributed by atoms with Gasteiger partial charge < -0.3 is 5.73 Å². The van der Waals surface area contributed by atoms with Crippen LogP contribution < -0.4 is 5.73 Å². The van der Waals surface area contributed by atoms with Crippen LogP contribution in [0.15, 0.2) is 11.4 Å². The molecule has 0 spiro atoms. The van der Waals surface area contributed by atoms with Crippen molar-refractivity contribution in [3.05, 3.63) is 17.0 Å². The zero-order valence-corrected chi connectivity index (χ0v) is 7.09. The van der Waals surface area contributed by atoms with Crippen molar-refractivity contribution < 1.29 is 4.79 Å². The third-order valence-electron chi connectivity index (χ3n) is 1.10. The van der Waals surface area contributed by atoms with Gasteiger partial charge in [0.25, 0.3) is 0 Å². The second-order valence-electron chi connectivity index (χ2n) is 1.69. The van der Waals surface area contributed by atoms with E-state index in [1.54, 1.807) is 12.3 Å². The molecule has 0 radical (unpaired) electrons. The molecule has 2 nitrogen and oxygen atoms in total. The Kier molecular flexibility index (Phi) is 2.34. The summed E-state index contributed by atoms with van der Waals surface area (Å²) in [5.74, 6) is 0. The van der Waals surface area contributed by atoms with Gasteiger partial charge in [-0.2, -0.15) is 0 Å². The van der Waals surface area contributed by atoms with Crippen LogP contribution in [-0.2, 0) is 0 Å². The van der Waals surface area contributed by atoms with Crippen LogP contribution in [0.25, 0.3) is 0 Å². The van der Waals surface area contributed by atoms with Crippen molar-refractivity contribution >= 4 is 33.2 Å². The molecule has 0 aliphatic rings. The summed E-state index contributed by atoms with van der Waals surface area (Å²) in [7, 11) is 0. The molecule has 0 aromatic carbocycles. The van der Waals surface area contributed by atoms with E-state index in [2.05, 4.69) is 0 Å². The lowest BCUT2D eigenvalue weighted by Gasteiger charge is -1.91. The van der Waals surface area contributed by atoms with Crippen molar-refractivity contribution in [1.82, 2.24) is 0 Å². The zero-order valence-electron chi connectivity index (χ0n) is 5.46. The Bertz CT molecular complexity index is 244. The molecule has 0 fully saturated rings. The largest absolute Gasteiger partial charge is 0.390 e. The summed E-state index contributed by atoms with van der Waals surface area (Å²) in [6.07, 6.45) is 1.75. The Hall–Kier alpha value is -0.480. The highest BCUT2D eigenvalue weighted by atomic mass is 32.2. The van der Waals surface area contributed by atoms with Crippen molar-refractivity contribution in [3.63, 3.8) is 0 Å². The number of hydrogen-bond donors (Lipinski definition) is 1. The Balaban J connectivity index is 2.93. The minimum Gasteiger partial charge on any atom is -0.390 e. The molecule has 0 aliphatic carbocycles. The molecule has 54 valence electrons. The van der Waals surface area contributed by atoms with Crippen LogP contribution in [0.2, 0.25) is 0 Å². The lowest BCUT2D eigenvalue weighted by Crippen LogP contribution is -1.93. The fourth-order valence-electron chi connectivity index (χ4n) is 0.600. The van der Waals surface area contributed by atoms with Crippen LogP contribution in [0.5, 0.6) is 0 Å². The SMILES string of the molecule is CSC(=O)c1ccsc1N. The number of carbonyl (C=O) groups excluding carboxylic acids is 1. The molecule has 1 heterocycles. The maximum absolute atomic E-state index is 11.0. The van der Waals surface area contributed by atoms with Crippen molar-refractivity contribution in [3.8, 4) is 0 Å². The Morgan fingerprint density at radius 1 is 1.80 bits per heavy atom. The second kappa shape index (κ2) is 3.07. The van der Waals surface area contributed by atoms with Gasteiger partial charge >= 0.3 is 0 Å². The molecule has 10 heavy (non-hydrogen) atoms. The molecule has 0 aliphatic heterocycles. The van der Waals surface area contributed by atoms with Crippen molar-refractivity contribution in [2.24, 2.45) is 0 Å². The standard InChI is InChI=1S/C6H7NOS2/c1-9-6(8)4-2-3-10-5(4)7/h2-3H,7H2,1H3. The predicted molar refractivity (Wildman–Crippen MR) is 46.6 cm³/mol. The van der Waals surface area contributed by atoms with Crippen LogP contribution in [0.3, 0.4) is 0 Å². The van der Waals surface area contributed by atoms with E-state index in [0.717, 1.165) is 0 Å². The zero-order chi connectivity index (χ0) is 7.56. The monoisotopic (exact) mass is 173 g/mol. The highest BCUT2D eigenvalue weighted by molar-refractivity contribution is 8.13. The van der Waals surface area contributed by atoms with Gasteiger partial charge in [-0.25, -0.2) is 0 Å². The first-order valence-corrected chi connectivity index (χ1v) is 4.77. The van der Waals surface area contributed by atoms with E-state index in [1.165, 1.54) is 23.1 Å². The first-order chi connectivity index (χ1) is 4.75. The predicted octanol–water partition coefficient (Wildman–Crippen LogP) is 1.83. The number of thioether (sulfide) groups is 1. The summed E-state index contributed by atoms with van der Waals surface area (Å²) in [4.78, 5) is 11.0. The van der Waals surface area contributed by atoms with Gasteiger partial charge in [0.1, 0.15) is 0 Å². The smallest absolute Gasteiger partial charge is 0.222 e. The van der Waals surface area contributed by atoms with Gasteiger partial charge in [-0.3, -0.25) is 4.79 Å². The van der Waals surface area contributed by atoms with E-state index in [0.29, 0.717) is 10.6 Å². The fraction of sp³-hybridized carbons (Fsp3) is 0.167. The van der Waals surface area contributed by atoms with Crippen LogP contribution in [-0.4, -0.2) is 11.4 Å². The third kappa shape index (κ3) is 1.33. The molecule has 0 bridgehead atoms. The lowest BCUT2D eigenvalue weighted by atomic mass is 10.3. The summed E-state index contributed by atoms with van der Waals surface area (Å²) >= 11 is 2.58. The molecule has 1 aromatic heterocycles. The van der Waals surface area contributed by atoms with Gasteiger partial charge in [0, 0.05) is 0 Å². The number of nitrogen functional groups attached to an aromatic ring is 1. The molecule has 0 unspecified atom stereocenters. The summed E-state index contributed by atoms with van der Waals surface area (Å²) in [6, 6.07) is 1.75. The molecule has 1 rings (SSSR count). The molecule has 2 N–H and O–H groups in total. The third-order valence-corrected chi connectivity index (χ3v) is 2.44. The molecule has 0 saturated heterocycles. The molecular weight excluding hydrogens is 166 g/mol. The minimum absolute atomic E-state index is 0.0405. The number of rotatable bonds is 1. The van der Waals surface area contributed by atoms with Crippen LogP contribution in [0.1, 0.15) is 10.4 Å². The van der Waals surface area contributed by atoms with Crippen LogP contribution in [0, 0.1) is 0 Å². The van der Waals surface area contributed by atoms with Gasteiger partial charge in [0.05, 0.1) is 10.6 Å². The van der Waals surface area contributed by atoms with Crippen LogP contribution in [0.4, 0.5) is 5.00 Å². The summed E-state index contributed by atoms with van der Waals surface area (Å²) in [6.45, 7) is 0. The van der Waals surface area contributed by atoms with Crippen molar-refractivity contribution in [2.75, 3.05) is 12.0 Å². The second-order valence-corrected chi connectivity index (χ2v) is 3.42. The number of carbonyl (C=O) groups is 1. The number of anilines is 1. The molecule has 4 heteroatoms. The van der Waals surface area contributed by atoms with Gasteiger partial charge in [-0.1, -0.05) is 11.8 Å². The number of thiophene rings is 1. The molecular formula is C6H7NOS2. The maximum Gasteiger partial charge on any atom is 0.222 e. The lowest BCUT2D eigenvalue weighted by molar-refractivity contribution is 0.109. The number of nitrogens with two attached hydrogens (primary N) is 1. The van der Waals surface area contributed by atoms with Crippen molar-refractivity contribution in [2.45, 2.75) is 0 Å². The topological polar surface area (TPSA) is 43.1 Å². The summed E-state index contributed by atoms with van der Waals surface area (Å²) < 4.78 is 0. The average Bonchev–Trinajstić information content (AvgIpc) is 2.34. The summed E-state index contributed by atoms with van der Waals surface area (Å²) in [5.41, 5.74) is 6.14. The highest BCUT2D eigenvalue weighted by Crippen LogP contribution is 2.22. The molecule has 0 amide bonds. The van der Waals surface area contributed by atoms with E-state index >= 15 is 0 Å². The first-order valence-electron chi connectivity index (χ1n) is 2.67. The van der Waals surface area contributed by atoms with E-state index in [9.17, 15) is 4.79 Å². The summed E-state index contributed by atoms with van der Waals surface area (Å²) in [5, 5.41) is 2.47. The van der Waals surface area contributed by atoms with Gasteiger partial charge in [0.2, 0.25) is 5.12 Å². The average molecular weight is 173 g/mol. The maximum atomic E-state index is 11.0. The van der Waals surface area contributed by atoms with Gasteiger partial charge in [0.15, 0.2) is 0 Å². The first kappa shape index (κ1) is 7.63. The molecule has 0 atom stereocenters. The van der Waals surface area contributed by atoms with E-state index < -0.39 is 0 Å². The highest BCUT2D eigenvalue weighted by Gasteiger charge is 2.07. The quantitative estimate of drug-likeness (QED) is 0.704. The van der Waals surface area contributed by atoms with Crippen molar-refractivity contribution in [1.29, 1.82) is 0 Å². The van der Waals surface area contributed by atoms with E-state index in [4.69, 9.17) is 5.73 Å². The molecule has 0 saturated carbocycles. The Morgan fingerprint density at radius 2 is 2.50 bits per heavy atom. The molecule has 1 aromatic rings. The normalized spacial score (nSPS) is 9.70. The minimum atomic E-state index is 0.0405. The Morgan fingerprint density at radius 3 is 2.90 bits per heavy atom.